The van der Waals surface area contributed by atoms with Gasteiger partial charge in [-0.2, -0.15) is 0 Å². The smallest absolute Gasteiger partial charge is 0.227 e. The van der Waals surface area contributed by atoms with Gasteiger partial charge in [-0.25, -0.2) is 19.9 Å². The number of nitrogens with zero attached hydrogens (tertiary/aromatic N) is 4. The van der Waals surface area contributed by atoms with Crippen LogP contribution in [-0.4, -0.2) is 19.9 Å². The predicted molar refractivity (Wildman–Crippen MR) is 199 cm³/mol. The summed E-state index contributed by atoms with van der Waals surface area (Å²) in [5.41, 5.74) is 8.95. The molecule has 3 heterocycles. The molecule has 0 aliphatic carbocycles. The van der Waals surface area contributed by atoms with E-state index < -0.39 is 0 Å². The van der Waals surface area contributed by atoms with Crippen LogP contribution in [0.5, 0.6) is 0 Å². The molecule has 0 bridgehead atoms. The number of rotatable bonds is 5. The summed E-state index contributed by atoms with van der Waals surface area (Å²) in [6, 6.07) is 53.0. The zero-order valence-electron chi connectivity index (χ0n) is 26.6. The summed E-state index contributed by atoms with van der Waals surface area (Å²) in [6.07, 6.45) is 0. The van der Waals surface area contributed by atoms with Crippen molar-refractivity contribution >= 4 is 43.8 Å². The normalized spacial score (nSPS) is 11.6. The van der Waals surface area contributed by atoms with E-state index in [2.05, 4.69) is 42.5 Å². The molecule has 10 aromatic rings. The second-order valence-corrected chi connectivity index (χ2v) is 12.3. The van der Waals surface area contributed by atoms with Crippen molar-refractivity contribution in [2.24, 2.45) is 0 Å². The molecule has 0 fully saturated rings. The van der Waals surface area contributed by atoms with E-state index in [0.29, 0.717) is 23.4 Å². The van der Waals surface area contributed by atoms with Gasteiger partial charge in [-0.3, -0.25) is 0 Å². The van der Waals surface area contributed by atoms with Crippen LogP contribution in [0.25, 0.3) is 101 Å². The Labute approximate surface area is 286 Å². The number of fused-ring (bicyclic) bond motifs is 7. The summed E-state index contributed by atoms with van der Waals surface area (Å²) in [4.78, 5) is 19.7. The van der Waals surface area contributed by atoms with Crippen molar-refractivity contribution in [1.82, 2.24) is 19.9 Å². The number of benzene rings is 7. The average molecular weight is 643 g/mol. The van der Waals surface area contributed by atoms with Gasteiger partial charge in [-0.1, -0.05) is 121 Å². The molecule has 0 radical (unpaired) electrons. The maximum atomic E-state index is 6.61. The molecule has 0 aliphatic heterocycles. The first kappa shape index (κ1) is 28.1. The van der Waals surface area contributed by atoms with Gasteiger partial charge >= 0.3 is 0 Å². The molecule has 6 heteroatoms. The highest BCUT2D eigenvalue weighted by molar-refractivity contribution is 6.25. The molecule has 0 spiro atoms. The molecule has 0 saturated carbocycles. The topological polar surface area (TPSA) is 77.8 Å². The molecule has 10 rings (SSSR count). The highest BCUT2D eigenvalue weighted by Gasteiger charge is 2.18. The van der Waals surface area contributed by atoms with Crippen LogP contribution in [0, 0.1) is 0 Å². The fourth-order valence-electron chi connectivity index (χ4n) is 6.74. The molecule has 0 unspecified atom stereocenters. The minimum atomic E-state index is 0.563. The summed E-state index contributed by atoms with van der Waals surface area (Å²) in [5.74, 6) is 2.43. The monoisotopic (exact) mass is 642 g/mol. The Bertz CT molecular complexity index is 2820. The van der Waals surface area contributed by atoms with Gasteiger partial charge < -0.3 is 8.83 Å². The number of oxazole rings is 1. The minimum Gasteiger partial charge on any atom is -0.456 e. The van der Waals surface area contributed by atoms with Crippen LogP contribution in [0.3, 0.4) is 0 Å². The van der Waals surface area contributed by atoms with E-state index in [9.17, 15) is 0 Å². The van der Waals surface area contributed by atoms with E-state index in [-0.39, 0.29) is 0 Å². The van der Waals surface area contributed by atoms with Crippen molar-refractivity contribution in [3.8, 4) is 56.7 Å². The van der Waals surface area contributed by atoms with Crippen LogP contribution in [-0.2, 0) is 0 Å². The standard InChI is InChI=1S/C44H26N4O2/c1-3-11-28(12-4-1)41-46-42(29-13-5-2-6-14-29)48-43(47-41)32-17-9-15-30(25-32)31-16-10-18-33(26-31)44-45-35-23-21-27-22-24-37-39(38(27)40(35)50-44)34-19-7-8-20-36(34)49-37/h1-26H. The van der Waals surface area contributed by atoms with Gasteiger partial charge in [0.15, 0.2) is 23.1 Å². The van der Waals surface area contributed by atoms with Crippen molar-refractivity contribution in [2.75, 3.05) is 0 Å². The lowest BCUT2D eigenvalue weighted by Gasteiger charge is -2.10. The molecule has 6 nitrogen and oxygen atoms in total. The second-order valence-electron chi connectivity index (χ2n) is 12.3. The Hall–Kier alpha value is -6.92. The fourth-order valence-corrected chi connectivity index (χ4v) is 6.74. The third kappa shape index (κ3) is 4.73. The molecular weight excluding hydrogens is 617 g/mol. The van der Waals surface area contributed by atoms with Crippen LogP contribution in [0.15, 0.2) is 167 Å². The van der Waals surface area contributed by atoms with Crippen LogP contribution in [0.4, 0.5) is 0 Å². The molecule has 0 atom stereocenters. The Morgan fingerprint density at radius 2 is 0.920 bits per heavy atom. The van der Waals surface area contributed by atoms with Crippen LogP contribution < -0.4 is 0 Å². The molecular formula is C44H26N4O2. The maximum absolute atomic E-state index is 6.61. The van der Waals surface area contributed by atoms with E-state index in [1.807, 2.05) is 115 Å². The molecule has 0 amide bonds. The van der Waals surface area contributed by atoms with Gasteiger partial charge in [0.25, 0.3) is 0 Å². The average Bonchev–Trinajstić information content (AvgIpc) is 3.81. The lowest BCUT2D eigenvalue weighted by Crippen LogP contribution is -2.00. The van der Waals surface area contributed by atoms with E-state index >= 15 is 0 Å². The van der Waals surface area contributed by atoms with Crippen molar-refractivity contribution < 1.29 is 8.83 Å². The Morgan fingerprint density at radius 1 is 0.360 bits per heavy atom. The Kier molecular flexibility index (Phi) is 6.39. The predicted octanol–water partition coefficient (Wildman–Crippen LogP) is 11.4. The van der Waals surface area contributed by atoms with Gasteiger partial charge in [0.05, 0.1) is 0 Å². The first-order valence-electron chi connectivity index (χ1n) is 16.5. The van der Waals surface area contributed by atoms with Crippen molar-refractivity contribution in [1.29, 1.82) is 0 Å². The zero-order valence-corrected chi connectivity index (χ0v) is 26.6. The van der Waals surface area contributed by atoms with Crippen molar-refractivity contribution in [3.05, 3.63) is 158 Å². The van der Waals surface area contributed by atoms with E-state index in [1.165, 1.54) is 0 Å². The lowest BCUT2D eigenvalue weighted by molar-refractivity contribution is 0.623. The van der Waals surface area contributed by atoms with Gasteiger partial charge in [-0.15, -0.1) is 0 Å². The summed E-state index contributed by atoms with van der Waals surface area (Å²) in [6.45, 7) is 0. The zero-order chi connectivity index (χ0) is 33.0. The summed E-state index contributed by atoms with van der Waals surface area (Å²) < 4.78 is 12.8. The van der Waals surface area contributed by atoms with E-state index in [4.69, 9.17) is 28.8 Å². The van der Waals surface area contributed by atoms with E-state index in [0.717, 1.165) is 77.2 Å². The molecule has 3 aromatic heterocycles. The van der Waals surface area contributed by atoms with Crippen LogP contribution in [0.2, 0.25) is 0 Å². The van der Waals surface area contributed by atoms with Gasteiger partial charge in [-0.05, 0) is 52.9 Å². The summed E-state index contributed by atoms with van der Waals surface area (Å²) in [7, 11) is 0. The first-order valence-corrected chi connectivity index (χ1v) is 16.5. The lowest BCUT2D eigenvalue weighted by atomic mass is 10.0. The molecule has 7 aromatic carbocycles. The third-order valence-corrected chi connectivity index (χ3v) is 9.14. The number of furan rings is 1. The first-order chi connectivity index (χ1) is 24.7. The van der Waals surface area contributed by atoms with Crippen molar-refractivity contribution in [3.63, 3.8) is 0 Å². The fraction of sp³-hybridized carbons (Fsp3) is 0. The molecule has 234 valence electrons. The maximum Gasteiger partial charge on any atom is 0.227 e. The van der Waals surface area contributed by atoms with Crippen LogP contribution >= 0.6 is 0 Å². The minimum absolute atomic E-state index is 0.563. The van der Waals surface area contributed by atoms with Gasteiger partial charge in [0.2, 0.25) is 5.89 Å². The highest BCUT2D eigenvalue weighted by atomic mass is 16.3. The number of aromatic nitrogens is 4. The van der Waals surface area contributed by atoms with Gasteiger partial charge in [0, 0.05) is 38.4 Å². The van der Waals surface area contributed by atoms with Crippen LogP contribution in [0.1, 0.15) is 0 Å². The summed E-state index contributed by atoms with van der Waals surface area (Å²) in [5, 5.41) is 4.19. The molecule has 0 aliphatic rings. The Morgan fingerprint density at radius 3 is 1.64 bits per heavy atom. The molecule has 0 N–H and O–H groups in total. The molecule has 0 saturated heterocycles. The largest absolute Gasteiger partial charge is 0.456 e. The number of para-hydroxylation sites is 1. The van der Waals surface area contributed by atoms with Crippen molar-refractivity contribution in [2.45, 2.75) is 0 Å². The SMILES string of the molecule is c1ccc(-c2nc(-c3ccccc3)nc(-c3cccc(-c4cccc(-c5nc6ccc7ccc8oc9ccccc9c8c7c6o5)c4)c3)n2)cc1. The third-order valence-electron chi connectivity index (χ3n) is 9.14. The highest BCUT2D eigenvalue weighted by Crippen LogP contribution is 2.40. The Balaban J connectivity index is 1.07. The van der Waals surface area contributed by atoms with Gasteiger partial charge in [0.1, 0.15) is 16.7 Å². The molecule has 50 heavy (non-hydrogen) atoms. The number of hydrogen-bond donors (Lipinski definition) is 0. The number of hydrogen-bond acceptors (Lipinski definition) is 6. The second kappa shape index (κ2) is 11.4. The summed E-state index contributed by atoms with van der Waals surface area (Å²) >= 11 is 0. The quantitative estimate of drug-likeness (QED) is 0.186. The van der Waals surface area contributed by atoms with E-state index in [1.54, 1.807) is 0 Å².